The molecule has 1 aliphatic heterocycles. The third-order valence-corrected chi connectivity index (χ3v) is 4.60. The fourth-order valence-corrected chi connectivity index (χ4v) is 3.64. The smallest absolute Gasteiger partial charge is 0.0223 e. The SMILES string of the molecule is CNC(Cc1ccccc1)C1CCCS1. The molecule has 0 bridgehead atoms. The lowest BCUT2D eigenvalue weighted by atomic mass is 10.0. The fourth-order valence-electron chi connectivity index (χ4n) is 2.21. The number of thioether (sulfide) groups is 1. The van der Waals surface area contributed by atoms with Crippen molar-refractivity contribution in [3.63, 3.8) is 0 Å². The van der Waals surface area contributed by atoms with Crippen LogP contribution in [0.4, 0.5) is 0 Å². The Morgan fingerprint density at radius 1 is 1.40 bits per heavy atom. The molecule has 2 rings (SSSR count). The van der Waals surface area contributed by atoms with Gasteiger partial charge in [0, 0.05) is 11.3 Å². The van der Waals surface area contributed by atoms with E-state index in [4.69, 9.17) is 0 Å². The molecule has 1 saturated heterocycles. The van der Waals surface area contributed by atoms with Crippen LogP contribution in [-0.4, -0.2) is 24.1 Å². The summed E-state index contributed by atoms with van der Waals surface area (Å²) < 4.78 is 0. The van der Waals surface area contributed by atoms with Gasteiger partial charge in [0.15, 0.2) is 0 Å². The van der Waals surface area contributed by atoms with Gasteiger partial charge >= 0.3 is 0 Å². The maximum absolute atomic E-state index is 3.47. The topological polar surface area (TPSA) is 12.0 Å². The molecule has 2 unspecified atom stereocenters. The van der Waals surface area contributed by atoms with Gasteiger partial charge in [0.2, 0.25) is 0 Å². The molecule has 0 amide bonds. The van der Waals surface area contributed by atoms with Crippen LogP contribution in [0.5, 0.6) is 0 Å². The summed E-state index contributed by atoms with van der Waals surface area (Å²) in [5.41, 5.74) is 1.45. The molecule has 15 heavy (non-hydrogen) atoms. The number of hydrogen-bond acceptors (Lipinski definition) is 2. The number of hydrogen-bond donors (Lipinski definition) is 1. The second kappa shape index (κ2) is 5.57. The van der Waals surface area contributed by atoms with Crippen LogP contribution in [0.3, 0.4) is 0 Å². The molecule has 1 aliphatic rings. The van der Waals surface area contributed by atoms with Crippen LogP contribution in [0, 0.1) is 0 Å². The van der Waals surface area contributed by atoms with Gasteiger partial charge in [-0.3, -0.25) is 0 Å². The third-order valence-electron chi connectivity index (χ3n) is 3.08. The van der Waals surface area contributed by atoms with Gasteiger partial charge in [0.25, 0.3) is 0 Å². The van der Waals surface area contributed by atoms with E-state index in [2.05, 4.69) is 54.5 Å². The van der Waals surface area contributed by atoms with Crippen molar-refractivity contribution in [1.82, 2.24) is 5.32 Å². The summed E-state index contributed by atoms with van der Waals surface area (Å²) in [6, 6.07) is 11.4. The quantitative estimate of drug-likeness (QED) is 0.839. The summed E-state index contributed by atoms with van der Waals surface area (Å²) in [5, 5.41) is 4.29. The normalized spacial score (nSPS) is 22.9. The van der Waals surface area contributed by atoms with Crippen molar-refractivity contribution < 1.29 is 0 Å². The van der Waals surface area contributed by atoms with Gasteiger partial charge in [-0.2, -0.15) is 11.8 Å². The lowest BCUT2D eigenvalue weighted by Crippen LogP contribution is -2.36. The highest BCUT2D eigenvalue weighted by Gasteiger charge is 2.24. The average Bonchev–Trinajstić information content (AvgIpc) is 2.81. The zero-order chi connectivity index (χ0) is 10.5. The van der Waals surface area contributed by atoms with Gasteiger partial charge in [0.1, 0.15) is 0 Å². The molecule has 1 aromatic carbocycles. The first-order valence-electron chi connectivity index (χ1n) is 5.73. The zero-order valence-electron chi connectivity index (χ0n) is 9.28. The molecular formula is C13H19NS. The molecule has 0 spiro atoms. The van der Waals surface area contributed by atoms with E-state index in [0.29, 0.717) is 6.04 Å². The molecule has 1 fully saturated rings. The first kappa shape index (κ1) is 11.0. The fraction of sp³-hybridized carbons (Fsp3) is 0.538. The first-order chi connectivity index (χ1) is 7.40. The maximum atomic E-state index is 3.47. The van der Waals surface area contributed by atoms with E-state index in [1.807, 2.05) is 0 Å². The Labute approximate surface area is 96.7 Å². The van der Waals surface area contributed by atoms with E-state index in [9.17, 15) is 0 Å². The van der Waals surface area contributed by atoms with Gasteiger partial charge in [-0.1, -0.05) is 30.3 Å². The lowest BCUT2D eigenvalue weighted by Gasteiger charge is -2.22. The number of benzene rings is 1. The summed E-state index contributed by atoms with van der Waals surface area (Å²) in [4.78, 5) is 0. The largest absolute Gasteiger partial charge is 0.316 e. The van der Waals surface area contributed by atoms with Crippen LogP contribution in [0.25, 0.3) is 0 Å². The summed E-state index contributed by atoms with van der Waals surface area (Å²) >= 11 is 2.13. The lowest BCUT2D eigenvalue weighted by molar-refractivity contribution is 0.524. The molecule has 2 atom stereocenters. The van der Waals surface area contributed by atoms with Crippen LogP contribution in [0.1, 0.15) is 18.4 Å². The van der Waals surface area contributed by atoms with Gasteiger partial charge in [0.05, 0.1) is 0 Å². The van der Waals surface area contributed by atoms with E-state index in [-0.39, 0.29) is 0 Å². The molecule has 1 heterocycles. The van der Waals surface area contributed by atoms with E-state index in [0.717, 1.165) is 11.7 Å². The number of likely N-dealkylation sites (N-methyl/N-ethyl adjacent to an activating group) is 1. The average molecular weight is 221 g/mol. The van der Waals surface area contributed by atoms with Crippen LogP contribution < -0.4 is 5.32 Å². The zero-order valence-corrected chi connectivity index (χ0v) is 10.1. The summed E-state index contributed by atoms with van der Waals surface area (Å²) in [6.07, 6.45) is 3.93. The van der Waals surface area contributed by atoms with Gasteiger partial charge in [-0.15, -0.1) is 0 Å². The first-order valence-corrected chi connectivity index (χ1v) is 6.78. The Hall–Kier alpha value is -0.470. The Bertz CT molecular complexity index is 280. The second-order valence-corrected chi connectivity index (χ2v) is 5.48. The van der Waals surface area contributed by atoms with Crippen molar-refractivity contribution in [1.29, 1.82) is 0 Å². The molecular weight excluding hydrogens is 202 g/mol. The van der Waals surface area contributed by atoms with Crippen molar-refractivity contribution in [2.24, 2.45) is 0 Å². The maximum Gasteiger partial charge on any atom is 0.0223 e. The molecule has 0 aromatic heterocycles. The molecule has 82 valence electrons. The van der Waals surface area contributed by atoms with Crippen LogP contribution in [0.15, 0.2) is 30.3 Å². The number of rotatable bonds is 4. The Balaban J connectivity index is 1.96. The van der Waals surface area contributed by atoms with Crippen molar-refractivity contribution in [3.05, 3.63) is 35.9 Å². The van der Waals surface area contributed by atoms with Crippen molar-refractivity contribution in [2.45, 2.75) is 30.6 Å². The van der Waals surface area contributed by atoms with E-state index in [1.165, 1.54) is 24.2 Å². The predicted molar refractivity (Wildman–Crippen MR) is 68.5 cm³/mol. The van der Waals surface area contributed by atoms with E-state index >= 15 is 0 Å². The highest BCUT2D eigenvalue weighted by molar-refractivity contribution is 8.00. The second-order valence-electron chi connectivity index (χ2n) is 4.14. The van der Waals surface area contributed by atoms with E-state index in [1.54, 1.807) is 0 Å². The highest BCUT2D eigenvalue weighted by atomic mass is 32.2. The minimum atomic E-state index is 0.639. The Kier molecular flexibility index (Phi) is 4.09. The van der Waals surface area contributed by atoms with Crippen molar-refractivity contribution in [3.8, 4) is 0 Å². The van der Waals surface area contributed by atoms with E-state index < -0.39 is 0 Å². The Morgan fingerprint density at radius 3 is 2.80 bits per heavy atom. The summed E-state index contributed by atoms with van der Waals surface area (Å²) in [7, 11) is 2.09. The van der Waals surface area contributed by atoms with Crippen LogP contribution in [-0.2, 0) is 6.42 Å². The van der Waals surface area contributed by atoms with Crippen molar-refractivity contribution >= 4 is 11.8 Å². The molecule has 0 saturated carbocycles. The molecule has 2 heteroatoms. The minimum absolute atomic E-state index is 0.639. The summed E-state index contributed by atoms with van der Waals surface area (Å²) in [5.74, 6) is 1.34. The molecule has 0 radical (unpaired) electrons. The molecule has 1 nitrogen and oxygen atoms in total. The monoisotopic (exact) mass is 221 g/mol. The third kappa shape index (κ3) is 2.99. The molecule has 1 aromatic rings. The standard InChI is InChI=1S/C13H19NS/c1-14-12(13-8-5-9-15-13)10-11-6-3-2-4-7-11/h2-4,6-7,12-14H,5,8-10H2,1H3. The van der Waals surface area contributed by atoms with Gasteiger partial charge in [-0.05, 0) is 37.6 Å². The predicted octanol–water partition coefficient (Wildman–Crippen LogP) is 2.71. The highest BCUT2D eigenvalue weighted by Crippen LogP contribution is 2.29. The van der Waals surface area contributed by atoms with Gasteiger partial charge < -0.3 is 5.32 Å². The molecule has 0 aliphatic carbocycles. The van der Waals surface area contributed by atoms with Crippen LogP contribution >= 0.6 is 11.8 Å². The minimum Gasteiger partial charge on any atom is -0.316 e. The number of nitrogens with one attached hydrogen (secondary N) is 1. The van der Waals surface area contributed by atoms with Gasteiger partial charge in [-0.25, -0.2) is 0 Å². The van der Waals surface area contributed by atoms with Crippen LogP contribution in [0.2, 0.25) is 0 Å². The molecule has 1 N–H and O–H groups in total. The summed E-state index contributed by atoms with van der Waals surface area (Å²) in [6.45, 7) is 0. The Morgan fingerprint density at radius 2 is 2.20 bits per heavy atom. The van der Waals surface area contributed by atoms with Crippen molar-refractivity contribution in [2.75, 3.05) is 12.8 Å².